The second-order valence-electron chi connectivity index (χ2n) is 4.56. The van der Waals surface area contributed by atoms with Gasteiger partial charge in [0.15, 0.2) is 0 Å². The molecular formula is C15H22O5. The Balaban J connectivity index is 0.000000205. The van der Waals surface area contributed by atoms with E-state index in [-0.39, 0.29) is 12.7 Å². The highest BCUT2D eigenvalue weighted by atomic mass is 16.6. The topological polar surface area (TPSA) is 57.2 Å². The fourth-order valence-electron chi connectivity index (χ4n) is 1.96. The quantitative estimate of drug-likeness (QED) is 0.886. The molecule has 2 saturated heterocycles. The van der Waals surface area contributed by atoms with Crippen LogP contribution in [0.5, 0.6) is 0 Å². The zero-order chi connectivity index (χ0) is 14.0. The van der Waals surface area contributed by atoms with Crippen molar-refractivity contribution in [3.63, 3.8) is 0 Å². The zero-order valence-corrected chi connectivity index (χ0v) is 11.6. The van der Waals surface area contributed by atoms with Crippen molar-refractivity contribution in [2.75, 3.05) is 46.2 Å². The van der Waals surface area contributed by atoms with Crippen LogP contribution in [0.3, 0.4) is 0 Å². The molecule has 5 heteroatoms. The highest BCUT2D eigenvalue weighted by Crippen LogP contribution is 2.20. The van der Waals surface area contributed by atoms with Crippen molar-refractivity contribution in [2.24, 2.45) is 0 Å². The van der Waals surface area contributed by atoms with Crippen molar-refractivity contribution in [3.05, 3.63) is 35.4 Å². The molecule has 3 rings (SSSR count). The van der Waals surface area contributed by atoms with E-state index >= 15 is 0 Å². The van der Waals surface area contributed by atoms with Crippen molar-refractivity contribution >= 4 is 0 Å². The van der Waals surface area contributed by atoms with Crippen LogP contribution in [0.15, 0.2) is 24.3 Å². The van der Waals surface area contributed by atoms with Gasteiger partial charge in [-0.05, 0) is 11.1 Å². The van der Waals surface area contributed by atoms with Crippen molar-refractivity contribution in [2.45, 2.75) is 12.7 Å². The Morgan fingerprint density at radius 2 is 1.45 bits per heavy atom. The Bertz CT molecular complexity index is 344. The summed E-state index contributed by atoms with van der Waals surface area (Å²) in [5, 5.41) is 8.88. The van der Waals surface area contributed by atoms with Gasteiger partial charge < -0.3 is 24.1 Å². The molecule has 1 aromatic rings. The molecule has 112 valence electrons. The summed E-state index contributed by atoms with van der Waals surface area (Å²) >= 11 is 0. The summed E-state index contributed by atoms with van der Waals surface area (Å²) in [5.41, 5.74) is 2.03. The van der Waals surface area contributed by atoms with Gasteiger partial charge in [-0.25, -0.2) is 0 Å². The maximum Gasteiger partial charge on any atom is 0.106 e. The standard InChI is InChI=1S/C11H14O3.C4H8O2/c12-7-9-1-3-10(4-2-9)11-8-13-5-6-14-11;1-2-6-4-3-5-1/h1-4,11-12H,5-8H2;1-4H2. The monoisotopic (exact) mass is 282 g/mol. The van der Waals surface area contributed by atoms with Crippen LogP contribution in [-0.2, 0) is 25.6 Å². The number of ether oxygens (including phenoxy) is 4. The second kappa shape index (κ2) is 9.05. The third kappa shape index (κ3) is 5.19. The molecule has 2 heterocycles. The van der Waals surface area contributed by atoms with E-state index in [9.17, 15) is 0 Å². The van der Waals surface area contributed by atoms with Gasteiger partial charge in [0.05, 0.1) is 52.9 Å². The van der Waals surface area contributed by atoms with Crippen LogP contribution in [0.2, 0.25) is 0 Å². The molecule has 1 atom stereocenters. The minimum atomic E-state index is 0.0523. The number of rotatable bonds is 2. The fraction of sp³-hybridized carbons (Fsp3) is 0.600. The van der Waals surface area contributed by atoms with Crippen molar-refractivity contribution in [1.82, 2.24) is 0 Å². The normalized spacial score (nSPS) is 22.8. The number of aliphatic hydroxyl groups is 1. The van der Waals surface area contributed by atoms with Crippen LogP contribution < -0.4 is 0 Å². The van der Waals surface area contributed by atoms with E-state index in [0.29, 0.717) is 19.8 Å². The van der Waals surface area contributed by atoms with E-state index in [2.05, 4.69) is 0 Å². The Labute approximate surface area is 119 Å². The first-order valence-corrected chi connectivity index (χ1v) is 6.94. The Morgan fingerprint density at radius 3 is 1.90 bits per heavy atom. The molecule has 1 unspecified atom stereocenters. The Kier molecular flexibility index (Phi) is 6.97. The maximum atomic E-state index is 8.88. The molecule has 0 spiro atoms. The predicted molar refractivity (Wildman–Crippen MR) is 73.5 cm³/mol. The van der Waals surface area contributed by atoms with Crippen LogP contribution in [0, 0.1) is 0 Å². The van der Waals surface area contributed by atoms with Crippen molar-refractivity contribution < 1.29 is 24.1 Å². The number of hydrogen-bond acceptors (Lipinski definition) is 5. The van der Waals surface area contributed by atoms with Gasteiger partial charge in [0.25, 0.3) is 0 Å². The average molecular weight is 282 g/mol. The van der Waals surface area contributed by atoms with E-state index in [1.807, 2.05) is 24.3 Å². The lowest BCUT2D eigenvalue weighted by Crippen LogP contribution is -2.21. The SMILES string of the molecule is C1COCCO1.OCc1ccc(C2COCCO2)cc1. The van der Waals surface area contributed by atoms with Gasteiger partial charge in [0.2, 0.25) is 0 Å². The van der Waals surface area contributed by atoms with Gasteiger partial charge in [0.1, 0.15) is 6.10 Å². The first kappa shape index (κ1) is 15.4. The number of hydrogen-bond donors (Lipinski definition) is 1. The smallest absolute Gasteiger partial charge is 0.106 e. The van der Waals surface area contributed by atoms with Crippen LogP contribution in [0.25, 0.3) is 0 Å². The van der Waals surface area contributed by atoms with Crippen LogP contribution in [0.1, 0.15) is 17.2 Å². The van der Waals surface area contributed by atoms with E-state index < -0.39 is 0 Å². The molecule has 2 aliphatic rings. The molecule has 0 amide bonds. The molecule has 20 heavy (non-hydrogen) atoms. The molecule has 5 nitrogen and oxygen atoms in total. The first-order valence-electron chi connectivity index (χ1n) is 6.94. The van der Waals surface area contributed by atoms with Crippen molar-refractivity contribution in [1.29, 1.82) is 0 Å². The first-order chi connectivity index (χ1) is 9.90. The molecule has 0 bridgehead atoms. The van der Waals surface area contributed by atoms with Gasteiger partial charge in [-0.3, -0.25) is 0 Å². The molecule has 0 radical (unpaired) electrons. The Hall–Kier alpha value is -0.980. The highest BCUT2D eigenvalue weighted by Gasteiger charge is 2.15. The van der Waals surface area contributed by atoms with E-state index in [1.165, 1.54) is 0 Å². The molecule has 1 N–H and O–H groups in total. The van der Waals surface area contributed by atoms with Crippen LogP contribution in [0.4, 0.5) is 0 Å². The van der Waals surface area contributed by atoms with Gasteiger partial charge in [-0.2, -0.15) is 0 Å². The summed E-state index contributed by atoms with van der Waals surface area (Å²) in [6.07, 6.45) is 0.0523. The van der Waals surface area contributed by atoms with Gasteiger partial charge in [-0.15, -0.1) is 0 Å². The molecular weight excluding hydrogens is 260 g/mol. The molecule has 2 aliphatic heterocycles. The highest BCUT2D eigenvalue weighted by molar-refractivity contribution is 5.24. The molecule has 0 aliphatic carbocycles. The average Bonchev–Trinajstić information content (AvgIpc) is 2.58. The molecule has 0 aromatic heterocycles. The van der Waals surface area contributed by atoms with Gasteiger partial charge in [-0.1, -0.05) is 24.3 Å². The third-order valence-electron chi connectivity index (χ3n) is 3.09. The molecule has 1 aromatic carbocycles. The summed E-state index contributed by atoms with van der Waals surface area (Å²) in [6, 6.07) is 7.77. The van der Waals surface area contributed by atoms with E-state index in [1.54, 1.807) is 0 Å². The molecule has 2 fully saturated rings. The molecule has 0 saturated carbocycles. The maximum absolute atomic E-state index is 8.88. The van der Waals surface area contributed by atoms with E-state index in [4.69, 9.17) is 24.1 Å². The number of benzene rings is 1. The summed E-state index contributed by atoms with van der Waals surface area (Å²) in [7, 11) is 0. The lowest BCUT2D eigenvalue weighted by atomic mass is 10.1. The lowest BCUT2D eigenvalue weighted by Gasteiger charge is -2.23. The van der Waals surface area contributed by atoms with Crippen molar-refractivity contribution in [3.8, 4) is 0 Å². The predicted octanol–water partition coefficient (Wildman–Crippen LogP) is 1.30. The van der Waals surface area contributed by atoms with Crippen LogP contribution in [-0.4, -0.2) is 51.4 Å². The summed E-state index contributed by atoms with van der Waals surface area (Å²) in [4.78, 5) is 0. The summed E-state index contributed by atoms with van der Waals surface area (Å²) in [5.74, 6) is 0. The largest absolute Gasteiger partial charge is 0.392 e. The third-order valence-corrected chi connectivity index (χ3v) is 3.09. The van der Waals surface area contributed by atoms with Crippen LogP contribution >= 0.6 is 0 Å². The summed E-state index contributed by atoms with van der Waals surface area (Å²) in [6.45, 7) is 5.17. The second-order valence-corrected chi connectivity index (χ2v) is 4.56. The Morgan fingerprint density at radius 1 is 0.850 bits per heavy atom. The summed E-state index contributed by atoms with van der Waals surface area (Å²) < 4.78 is 20.8. The van der Waals surface area contributed by atoms with Gasteiger partial charge >= 0.3 is 0 Å². The minimum Gasteiger partial charge on any atom is -0.392 e. The van der Waals surface area contributed by atoms with E-state index in [0.717, 1.165) is 37.6 Å². The lowest BCUT2D eigenvalue weighted by molar-refractivity contribution is -0.0901. The van der Waals surface area contributed by atoms with Gasteiger partial charge in [0, 0.05) is 0 Å². The number of aliphatic hydroxyl groups excluding tert-OH is 1. The zero-order valence-electron chi connectivity index (χ0n) is 11.6. The minimum absolute atomic E-state index is 0.0523. The fourth-order valence-corrected chi connectivity index (χ4v) is 1.96.